The first-order valence-electron chi connectivity index (χ1n) is 4.22. The zero-order valence-corrected chi connectivity index (χ0v) is 7.73. The Labute approximate surface area is 68.6 Å². The highest BCUT2D eigenvalue weighted by Gasteiger charge is 2.20. The summed E-state index contributed by atoms with van der Waals surface area (Å²) in [6.45, 7) is 5.71. The van der Waals surface area contributed by atoms with Crippen LogP contribution in [0.3, 0.4) is 0 Å². The van der Waals surface area contributed by atoms with Gasteiger partial charge in [-0.3, -0.25) is 4.39 Å². The molecule has 0 aliphatic carbocycles. The van der Waals surface area contributed by atoms with Gasteiger partial charge in [-0.25, -0.2) is 0 Å². The topological polar surface area (TPSA) is 20.2 Å². The lowest BCUT2D eigenvalue weighted by Gasteiger charge is -2.25. The molecule has 0 rings (SSSR count). The Kier molecular flexibility index (Phi) is 4.66. The normalized spacial score (nSPS) is 15.0. The van der Waals surface area contributed by atoms with Crippen LogP contribution in [-0.4, -0.2) is 17.9 Å². The first-order valence-corrected chi connectivity index (χ1v) is 4.22. The largest absolute Gasteiger partial charge is 0.393 e. The molecular formula is C9H19FO. The number of aliphatic hydroxyl groups excluding tert-OH is 1. The van der Waals surface area contributed by atoms with Crippen molar-refractivity contribution in [2.24, 2.45) is 5.41 Å². The number of rotatable bonds is 4. The van der Waals surface area contributed by atoms with Gasteiger partial charge in [-0.1, -0.05) is 20.8 Å². The molecule has 0 heterocycles. The monoisotopic (exact) mass is 162 g/mol. The van der Waals surface area contributed by atoms with Crippen LogP contribution in [0, 0.1) is 5.41 Å². The van der Waals surface area contributed by atoms with E-state index in [4.69, 9.17) is 0 Å². The van der Waals surface area contributed by atoms with E-state index < -0.39 is 0 Å². The van der Waals surface area contributed by atoms with Crippen molar-refractivity contribution in [1.29, 1.82) is 0 Å². The van der Waals surface area contributed by atoms with Gasteiger partial charge in [-0.15, -0.1) is 0 Å². The van der Waals surface area contributed by atoms with Gasteiger partial charge in [0.2, 0.25) is 0 Å². The molecule has 0 radical (unpaired) electrons. The van der Waals surface area contributed by atoms with E-state index in [-0.39, 0.29) is 18.2 Å². The Hall–Kier alpha value is -0.110. The first kappa shape index (κ1) is 10.9. The third-order valence-electron chi connectivity index (χ3n) is 1.86. The lowest BCUT2D eigenvalue weighted by Crippen LogP contribution is -2.25. The van der Waals surface area contributed by atoms with Gasteiger partial charge in [0.1, 0.15) is 0 Å². The summed E-state index contributed by atoms with van der Waals surface area (Å²) in [7, 11) is 0. The highest BCUT2D eigenvalue weighted by atomic mass is 19.1. The SMILES string of the molecule is CC(C)(C)C(O)CCCCF. The minimum atomic E-state index is -0.297. The molecule has 68 valence electrons. The summed E-state index contributed by atoms with van der Waals surface area (Å²) in [5, 5.41) is 9.49. The van der Waals surface area contributed by atoms with Crippen LogP contribution in [0.5, 0.6) is 0 Å². The maximum Gasteiger partial charge on any atom is 0.0894 e. The molecular weight excluding hydrogens is 143 g/mol. The lowest BCUT2D eigenvalue weighted by atomic mass is 9.86. The summed E-state index contributed by atoms with van der Waals surface area (Å²) in [6.07, 6.45) is 1.78. The van der Waals surface area contributed by atoms with E-state index in [0.29, 0.717) is 12.8 Å². The maximum atomic E-state index is 11.7. The molecule has 0 spiro atoms. The van der Waals surface area contributed by atoms with Crippen molar-refractivity contribution in [1.82, 2.24) is 0 Å². The zero-order chi connectivity index (χ0) is 8.91. The molecule has 2 heteroatoms. The van der Waals surface area contributed by atoms with Crippen LogP contribution in [0.4, 0.5) is 4.39 Å². The molecule has 1 nitrogen and oxygen atoms in total. The number of hydrogen-bond donors (Lipinski definition) is 1. The Balaban J connectivity index is 3.44. The van der Waals surface area contributed by atoms with E-state index in [1.807, 2.05) is 20.8 Å². The predicted octanol–water partition coefficient (Wildman–Crippen LogP) is 2.53. The number of unbranched alkanes of at least 4 members (excludes halogenated alkanes) is 1. The van der Waals surface area contributed by atoms with Gasteiger partial charge in [0.25, 0.3) is 0 Å². The van der Waals surface area contributed by atoms with Gasteiger partial charge >= 0.3 is 0 Å². The molecule has 0 saturated heterocycles. The smallest absolute Gasteiger partial charge is 0.0894 e. The maximum absolute atomic E-state index is 11.7. The molecule has 0 aromatic heterocycles. The highest BCUT2D eigenvalue weighted by Crippen LogP contribution is 2.22. The van der Waals surface area contributed by atoms with Crippen LogP contribution >= 0.6 is 0 Å². The van der Waals surface area contributed by atoms with Crippen molar-refractivity contribution in [3.63, 3.8) is 0 Å². The van der Waals surface area contributed by atoms with Crippen LogP contribution in [0.2, 0.25) is 0 Å². The fourth-order valence-electron chi connectivity index (χ4n) is 0.865. The molecule has 11 heavy (non-hydrogen) atoms. The summed E-state index contributed by atoms with van der Waals surface area (Å²) in [4.78, 5) is 0. The standard InChI is InChI=1S/C9H19FO/c1-9(2,3)8(11)6-4-5-7-10/h8,11H,4-7H2,1-3H3. The molecule has 1 atom stereocenters. The summed E-state index contributed by atoms with van der Waals surface area (Å²) < 4.78 is 11.7. The van der Waals surface area contributed by atoms with Gasteiger partial charge in [0.15, 0.2) is 0 Å². The fraction of sp³-hybridized carbons (Fsp3) is 1.00. The van der Waals surface area contributed by atoms with Gasteiger partial charge in [0, 0.05) is 0 Å². The second kappa shape index (κ2) is 4.70. The Morgan fingerprint density at radius 2 is 1.82 bits per heavy atom. The summed E-state index contributed by atoms with van der Waals surface area (Å²) in [5.74, 6) is 0. The van der Waals surface area contributed by atoms with E-state index in [0.717, 1.165) is 6.42 Å². The van der Waals surface area contributed by atoms with Crippen molar-refractivity contribution in [2.45, 2.75) is 46.1 Å². The van der Waals surface area contributed by atoms with Crippen LogP contribution in [0.25, 0.3) is 0 Å². The molecule has 1 N–H and O–H groups in total. The lowest BCUT2D eigenvalue weighted by molar-refractivity contribution is 0.0531. The van der Waals surface area contributed by atoms with Crippen molar-refractivity contribution >= 4 is 0 Å². The quantitative estimate of drug-likeness (QED) is 0.630. The minimum absolute atomic E-state index is 0.0592. The zero-order valence-electron chi connectivity index (χ0n) is 7.73. The van der Waals surface area contributed by atoms with Gasteiger partial charge in [-0.2, -0.15) is 0 Å². The van der Waals surface area contributed by atoms with Crippen LogP contribution in [0.1, 0.15) is 40.0 Å². The van der Waals surface area contributed by atoms with E-state index in [9.17, 15) is 9.50 Å². The number of alkyl halides is 1. The fourth-order valence-corrected chi connectivity index (χ4v) is 0.865. The third kappa shape index (κ3) is 5.19. The van der Waals surface area contributed by atoms with Crippen molar-refractivity contribution < 1.29 is 9.50 Å². The highest BCUT2D eigenvalue weighted by molar-refractivity contribution is 4.72. The predicted molar refractivity (Wildman–Crippen MR) is 45.3 cm³/mol. The van der Waals surface area contributed by atoms with E-state index in [1.165, 1.54) is 0 Å². The van der Waals surface area contributed by atoms with Crippen molar-refractivity contribution in [3.05, 3.63) is 0 Å². The third-order valence-corrected chi connectivity index (χ3v) is 1.86. The van der Waals surface area contributed by atoms with Crippen LogP contribution < -0.4 is 0 Å². The molecule has 0 aliphatic rings. The minimum Gasteiger partial charge on any atom is -0.393 e. The summed E-state index contributed by atoms with van der Waals surface area (Å²) in [5.41, 5.74) is -0.0592. The Morgan fingerprint density at radius 3 is 2.18 bits per heavy atom. The molecule has 0 aromatic carbocycles. The molecule has 0 aliphatic heterocycles. The second-order valence-corrected chi connectivity index (χ2v) is 4.07. The number of hydrogen-bond acceptors (Lipinski definition) is 1. The van der Waals surface area contributed by atoms with Crippen LogP contribution in [0.15, 0.2) is 0 Å². The molecule has 0 aromatic rings. The Bertz CT molecular complexity index is 96.2. The van der Waals surface area contributed by atoms with Crippen LogP contribution in [-0.2, 0) is 0 Å². The average molecular weight is 162 g/mol. The van der Waals surface area contributed by atoms with Gasteiger partial charge in [0.05, 0.1) is 12.8 Å². The van der Waals surface area contributed by atoms with E-state index in [2.05, 4.69) is 0 Å². The molecule has 0 fully saturated rings. The van der Waals surface area contributed by atoms with E-state index in [1.54, 1.807) is 0 Å². The molecule has 0 amide bonds. The Morgan fingerprint density at radius 1 is 1.27 bits per heavy atom. The van der Waals surface area contributed by atoms with Crippen molar-refractivity contribution in [3.8, 4) is 0 Å². The molecule has 0 saturated carbocycles. The molecule has 1 unspecified atom stereocenters. The molecule has 0 bridgehead atoms. The summed E-state index contributed by atoms with van der Waals surface area (Å²) >= 11 is 0. The second-order valence-electron chi connectivity index (χ2n) is 4.07. The van der Waals surface area contributed by atoms with Crippen molar-refractivity contribution in [2.75, 3.05) is 6.67 Å². The van der Waals surface area contributed by atoms with E-state index >= 15 is 0 Å². The number of halogens is 1. The first-order chi connectivity index (χ1) is 4.98. The average Bonchev–Trinajstić information content (AvgIpc) is 1.86. The van der Waals surface area contributed by atoms with Gasteiger partial charge in [-0.05, 0) is 24.7 Å². The van der Waals surface area contributed by atoms with Gasteiger partial charge < -0.3 is 5.11 Å². The number of aliphatic hydroxyl groups is 1. The summed E-state index contributed by atoms with van der Waals surface area (Å²) in [6, 6.07) is 0.